The quantitative estimate of drug-likeness (QED) is 0.835. The molecule has 2 unspecified atom stereocenters. The van der Waals surface area contributed by atoms with E-state index in [0.29, 0.717) is 6.04 Å². The van der Waals surface area contributed by atoms with Gasteiger partial charge in [0, 0.05) is 24.8 Å². The second-order valence-corrected chi connectivity index (χ2v) is 7.83. The second kappa shape index (κ2) is 6.74. The average molecular weight is 303 g/mol. The summed E-state index contributed by atoms with van der Waals surface area (Å²) in [5, 5.41) is 4.80. The standard InChI is InChI=1S/C19H33N3/c1-5-15(4)21-10-8-18(9-11-21)22-19-7-6-16(14(2)3)12-17(19)13-20-22/h13-16,18H,5-12H2,1-4H3. The van der Waals surface area contributed by atoms with E-state index in [0.717, 1.165) is 17.9 Å². The molecule has 2 heterocycles. The van der Waals surface area contributed by atoms with Crippen molar-refractivity contribution in [3.63, 3.8) is 0 Å². The van der Waals surface area contributed by atoms with Crippen LogP contribution < -0.4 is 0 Å². The van der Waals surface area contributed by atoms with Crippen LogP contribution in [0.5, 0.6) is 0 Å². The minimum Gasteiger partial charge on any atom is -0.301 e. The van der Waals surface area contributed by atoms with Gasteiger partial charge in [-0.15, -0.1) is 0 Å². The van der Waals surface area contributed by atoms with E-state index in [1.165, 1.54) is 57.2 Å². The normalized spacial score (nSPS) is 25.4. The number of likely N-dealkylation sites (tertiary alicyclic amines) is 1. The summed E-state index contributed by atoms with van der Waals surface area (Å²) in [6, 6.07) is 1.37. The first-order valence-electron chi connectivity index (χ1n) is 9.39. The molecule has 0 radical (unpaired) electrons. The predicted molar refractivity (Wildman–Crippen MR) is 92.2 cm³/mol. The van der Waals surface area contributed by atoms with Crippen molar-refractivity contribution in [1.29, 1.82) is 0 Å². The number of piperidine rings is 1. The molecule has 0 N–H and O–H groups in total. The van der Waals surface area contributed by atoms with E-state index in [1.54, 1.807) is 5.69 Å². The number of rotatable bonds is 4. The molecule has 3 rings (SSSR count). The molecule has 2 aliphatic rings. The van der Waals surface area contributed by atoms with Crippen LogP contribution in [0.2, 0.25) is 0 Å². The van der Waals surface area contributed by atoms with E-state index < -0.39 is 0 Å². The Morgan fingerprint density at radius 2 is 1.91 bits per heavy atom. The number of nitrogens with zero attached hydrogens (tertiary/aromatic N) is 3. The van der Waals surface area contributed by atoms with Gasteiger partial charge >= 0.3 is 0 Å². The zero-order valence-electron chi connectivity index (χ0n) is 14.9. The van der Waals surface area contributed by atoms with Crippen LogP contribution in [0.15, 0.2) is 6.20 Å². The van der Waals surface area contributed by atoms with Crippen LogP contribution in [0, 0.1) is 11.8 Å². The molecule has 124 valence electrons. The van der Waals surface area contributed by atoms with Crippen LogP contribution in [-0.2, 0) is 12.8 Å². The lowest BCUT2D eigenvalue weighted by atomic mass is 9.81. The van der Waals surface area contributed by atoms with Gasteiger partial charge in [-0.25, -0.2) is 0 Å². The van der Waals surface area contributed by atoms with E-state index in [4.69, 9.17) is 5.10 Å². The topological polar surface area (TPSA) is 21.1 Å². The number of fused-ring (bicyclic) bond motifs is 1. The molecular weight excluding hydrogens is 270 g/mol. The summed E-state index contributed by atoms with van der Waals surface area (Å²) in [6.07, 6.45) is 9.81. The third kappa shape index (κ3) is 3.10. The molecule has 1 aliphatic heterocycles. The lowest BCUT2D eigenvalue weighted by molar-refractivity contribution is 0.134. The molecule has 1 aromatic rings. The van der Waals surface area contributed by atoms with Gasteiger partial charge in [-0.05, 0) is 62.8 Å². The second-order valence-electron chi connectivity index (χ2n) is 7.83. The Morgan fingerprint density at radius 3 is 2.55 bits per heavy atom. The minimum absolute atomic E-state index is 0.639. The third-order valence-corrected chi connectivity index (χ3v) is 6.22. The van der Waals surface area contributed by atoms with Crippen molar-refractivity contribution in [2.45, 2.75) is 78.3 Å². The fraction of sp³-hybridized carbons (Fsp3) is 0.842. The molecule has 0 spiro atoms. The summed E-state index contributed by atoms with van der Waals surface area (Å²) in [5.41, 5.74) is 3.09. The SMILES string of the molecule is CCC(C)N1CCC(n2ncc3c2CCC(C(C)C)C3)CC1. The third-order valence-electron chi connectivity index (χ3n) is 6.22. The molecule has 3 heteroatoms. The van der Waals surface area contributed by atoms with Crippen LogP contribution in [0.25, 0.3) is 0 Å². The highest BCUT2D eigenvalue weighted by molar-refractivity contribution is 5.22. The fourth-order valence-corrected chi connectivity index (χ4v) is 4.29. The fourth-order valence-electron chi connectivity index (χ4n) is 4.29. The molecule has 0 bridgehead atoms. The summed E-state index contributed by atoms with van der Waals surface area (Å²) < 4.78 is 2.40. The van der Waals surface area contributed by atoms with Gasteiger partial charge in [-0.3, -0.25) is 4.68 Å². The van der Waals surface area contributed by atoms with Gasteiger partial charge in [0.15, 0.2) is 0 Å². The molecule has 1 fully saturated rings. The maximum absolute atomic E-state index is 4.80. The monoisotopic (exact) mass is 303 g/mol. The van der Waals surface area contributed by atoms with Crippen molar-refractivity contribution in [2.24, 2.45) is 11.8 Å². The minimum atomic E-state index is 0.639. The molecule has 1 aromatic heterocycles. The molecule has 0 saturated carbocycles. The van der Waals surface area contributed by atoms with Gasteiger partial charge in [0.1, 0.15) is 0 Å². The largest absolute Gasteiger partial charge is 0.301 e. The molecule has 1 saturated heterocycles. The zero-order chi connectivity index (χ0) is 15.7. The van der Waals surface area contributed by atoms with E-state index >= 15 is 0 Å². The summed E-state index contributed by atoms with van der Waals surface area (Å²) in [4.78, 5) is 2.65. The highest BCUT2D eigenvalue weighted by Crippen LogP contribution is 2.33. The molecule has 0 aromatic carbocycles. The highest BCUT2D eigenvalue weighted by Gasteiger charge is 2.29. The van der Waals surface area contributed by atoms with Gasteiger partial charge in [0.25, 0.3) is 0 Å². The van der Waals surface area contributed by atoms with Crippen LogP contribution >= 0.6 is 0 Å². The molecule has 0 amide bonds. The van der Waals surface area contributed by atoms with Crippen molar-refractivity contribution < 1.29 is 0 Å². The average Bonchev–Trinajstić information content (AvgIpc) is 2.97. The maximum Gasteiger partial charge on any atom is 0.0546 e. The maximum atomic E-state index is 4.80. The molecule has 3 nitrogen and oxygen atoms in total. The first-order chi connectivity index (χ1) is 10.6. The summed E-state index contributed by atoms with van der Waals surface area (Å²) in [6.45, 7) is 11.9. The zero-order valence-corrected chi connectivity index (χ0v) is 14.9. The van der Waals surface area contributed by atoms with Crippen molar-refractivity contribution in [3.05, 3.63) is 17.5 Å². The molecule has 2 atom stereocenters. The van der Waals surface area contributed by atoms with Gasteiger partial charge in [-0.2, -0.15) is 5.10 Å². The highest BCUT2D eigenvalue weighted by atomic mass is 15.3. The summed E-state index contributed by atoms with van der Waals surface area (Å²) in [5.74, 6) is 1.66. The number of hydrogen-bond donors (Lipinski definition) is 0. The van der Waals surface area contributed by atoms with Crippen LogP contribution in [0.1, 0.15) is 70.7 Å². The lowest BCUT2D eigenvalue weighted by Gasteiger charge is -2.36. The summed E-state index contributed by atoms with van der Waals surface area (Å²) >= 11 is 0. The van der Waals surface area contributed by atoms with Crippen molar-refractivity contribution >= 4 is 0 Å². The molecule has 1 aliphatic carbocycles. The molecular formula is C19H33N3. The van der Waals surface area contributed by atoms with Gasteiger partial charge < -0.3 is 4.90 Å². The van der Waals surface area contributed by atoms with Crippen molar-refractivity contribution in [3.8, 4) is 0 Å². The van der Waals surface area contributed by atoms with E-state index in [1.807, 2.05) is 0 Å². The Bertz CT molecular complexity index is 483. The first kappa shape index (κ1) is 16.0. The lowest BCUT2D eigenvalue weighted by Crippen LogP contribution is -2.40. The van der Waals surface area contributed by atoms with Crippen molar-refractivity contribution in [1.82, 2.24) is 14.7 Å². The van der Waals surface area contributed by atoms with Crippen LogP contribution in [0.3, 0.4) is 0 Å². The Balaban J connectivity index is 1.66. The Hall–Kier alpha value is -0.830. The van der Waals surface area contributed by atoms with Gasteiger partial charge in [0.2, 0.25) is 0 Å². The number of hydrogen-bond acceptors (Lipinski definition) is 2. The van der Waals surface area contributed by atoms with Crippen LogP contribution in [-0.4, -0.2) is 33.8 Å². The smallest absolute Gasteiger partial charge is 0.0546 e. The van der Waals surface area contributed by atoms with Crippen molar-refractivity contribution in [2.75, 3.05) is 13.1 Å². The first-order valence-corrected chi connectivity index (χ1v) is 9.39. The number of aromatic nitrogens is 2. The van der Waals surface area contributed by atoms with Gasteiger partial charge in [0.05, 0.1) is 12.2 Å². The Kier molecular flexibility index (Phi) is 4.91. The Morgan fingerprint density at radius 1 is 1.18 bits per heavy atom. The van der Waals surface area contributed by atoms with Gasteiger partial charge in [-0.1, -0.05) is 20.8 Å². The van der Waals surface area contributed by atoms with E-state index in [9.17, 15) is 0 Å². The molecule has 22 heavy (non-hydrogen) atoms. The van der Waals surface area contributed by atoms with Crippen LogP contribution in [0.4, 0.5) is 0 Å². The van der Waals surface area contributed by atoms with E-state index in [2.05, 4.69) is 43.5 Å². The summed E-state index contributed by atoms with van der Waals surface area (Å²) in [7, 11) is 0. The van der Waals surface area contributed by atoms with E-state index in [-0.39, 0.29) is 0 Å². The predicted octanol–water partition coefficient (Wildman–Crippen LogP) is 4.08. The Labute approximate surface area is 136 Å².